The van der Waals surface area contributed by atoms with Crippen molar-refractivity contribution in [3.63, 3.8) is 0 Å². The van der Waals surface area contributed by atoms with E-state index >= 15 is 0 Å². The topological polar surface area (TPSA) is 72.6 Å². The number of hydrogen-bond donors (Lipinski definition) is 1. The fraction of sp³-hybridized carbons (Fsp3) is 0.538. The number of hydrogen-bond acceptors (Lipinski definition) is 4. The van der Waals surface area contributed by atoms with Gasteiger partial charge in [0.2, 0.25) is 10.0 Å². The first kappa shape index (κ1) is 14.1. The molecule has 1 aromatic rings. The molecule has 106 valence electrons. The van der Waals surface area contributed by atoms with Crippen LogP contribution in [-0.2, 0) is 10.0 Å². The Kier molecular flexibility index (Phi) is 4.01. The number of ether oxygens (including phenoxy) is 1. The van der Waals surface area contributed by atoms with E-state index in [1.54, 1.807) is 6.07 Å². The summed E-state index contributed by atoms with van der Waals surface area (Å²) >= 11 is 0. The van der Waals surface area contributed by atoms with Crippen molar-refractivity contribution < 1.29 is 13.2 Å². The molecule has 0 amide bonds. The zero-order valence-electron chi connectivity index (χ0n) is 11.3. The van der Waals surface area contributed by atoms with Crippen LogP contribution in [0.15, 0.2) is 23.1 Å². The van der Waals surface area contributed by atoms with Gasteiger partial charge in [-0.15, -0.1) is 0 Å². The van der Waals surface area contributed by atoms with E-state index in [0.717, 1.165) is 25.7 Å². The Morgan fingerprint density at radius 3 is 2.47 bits per heavy atom. The van der Waals surface area contributed by atoms with Crippen LogP contribution in [0.3, 0.4) is 0 Å². The Labute approximate surface area is 114 Å². The van der Waals surface area contributed by atoms with E-state index < -0.39 is 10.0 Å². The molecule has 0 spiro atoms. The molecule has 1 aromatic carbocycles. The van der Waals surface area contributed by atoms with Gasteiger partial charge in [0.15, 0.2) is 0 Å². The van der Waals surface area contributed by atoms with Crippen LogP contribution in [0, 0.1) is 0 Å². The molecule has 0 aliphatic heterocycles. The molecule has 2 rings (SSSR count). The smallest absolute Gasteiger partial charge is 0.242 e. The number of nitrogens with two attached hydrogens (primary N) is 1. The Hall–Kier alpha value is -1.27. The lowest BCUT2D eigenvalue weighted by Crippen LogP contribution is -2.22. The quantitative estimate of drug-likeness (QED) is 0.856. The fourth-order valence-corrected chi connectivity index (χ4v) is 3.09. The maximum atomic E-state index is 12.1. The second-order valence-electron chi connectivity index (χ2n) is 5.01. The van der Waals surface area contributed by atoms with E-state index in [-0.39, 0.29) is 11.0 Å². The summed E-state index contributed by atoms with van der Waals surface area (Å²) in [5, 5.41) is 0. The normalized spacial score (nSPS) is 17.0. The van der Waals surface area contributed by atoms with E-state index in [1.807, 2.05) is 0 Å². The van der Waals surface area contributed by atoms with Crippen LogP contribution >= 0.6 is 0 Å². The maximum absolute atomic E-state index is 12.1. The van der Waals surface area contributed by atoms with Gasteiger partial charge in [0.05, 0.1) is 16.7 Å². The molecule has 1 saturated carbocycles. The Morgan fingerprint density at radius 1 is 1.26 bits per heavy atom. The Bertz CT molecular complexity index is 549. The molecule has 0 unspecified atom stereocenters. The molecule has 1 aliphatic rings. The second kappa shape index (κ2) is 5.38. The summed E-state index contributed by atoms with van der Waals surface area (Å²) in [5.41, 5.74) is 6.33. The summed E-state index contributed by atoms with van der Waals surface area (Å²) in [5.74, 6) is 0.467. The van der Waals surface area contributed by atoms with E-state index in [1.165, 1.54) is 30.5 Å². The molecule has 2 N–H and O–H groups in total. The van der Waals surface area contributed by atoms with Crippen molar-refractivity contribution in [2.24, 2.45) is 0 Å². The third-order valence-electron chi connectivity index (χ3n) is 3.36. The lowest BCUT2D eigenvalue weighted by Gasteiger charge is -2.17. The molecule has 1 fully saturated rings. The predicted octanol–water partition coefficient (Wildman–Crippen LogP) is 1.84. The van der Waals surface area contributed by atoms with Crippen LogP contribution in [0.25, 0.3) is 0 Å². The van der Waals surface area contributed by atoms with Gasteiger partial charge >= 0.3 is 0 Å². The summed E-state index contributed by atoms with van der Waals surface area (Å²) in [6.45, 7) is 0. The fourth-order valence-electron chi connectivity index (χ4n) is 2.17. The van der Waals surface area contributed by atoms with Crippen LogP contribution in [0.2, 0.25) is 0 Å². The number of rotatable bonds is 4. The highest BCUT2D eigenvalue weighted by Gasteiger charge is 2.21. The predicted molar refractivity (Wildman–Crippen MR) is 74.6 cm³/mol. The van der Waals surface area contributed by atoms with Crippen molar-refractivity contribution in [2.75, 3.05) is 19.8 Å². The van der Waals surface area contributed by atoms with E-state index in [4.69, 9.17) is 10.5 Å². The summed E-state index contributed by atoms with van der Waals surface area (Å²) in [4.78, 5) is 0.208. The number of anilines is 1. The van der Waals surface area contributed by atoms with Gasteiger partial charge in [0.25, 0.3) is 0 Å². The first-order valence-corrected chi connectivity index (χ1v) is 7.84. The average molecular weight is 284 g/mol. The second-order valence-corrected chi connectivity index (χ2v) is 7.16. The van der Waals surface area contributed by atoms with Crippen molar-refractivity contribution >= 4 is 15.7 Å². The molecule has 0 heterocycles. The molecule has 0 aromatic heterocycles. The average Bonchev–Trinajstić information content (AvgIpc) is 2.84. The number of nitrogen functional groups attached to an aromatic ring is 1. The van der Waals surface area contributed by atoms with Crippen molar-refractivity contribution in [3.05, 3.63) is 18.2 Å². The molecular formula is C13H20N2O3S. The largest absolute Gasteiger partial charge is 0.488 e. The van der Waals surface area contributed by atoms with E-state index in [9.17, 15) is 8.42 Å². The molecule has 0 radical (unpaired) electrons. The Balaban J connectivity index is 2.29. The minimum atomic E-state index is -3.45. The van der Waals surface area contributed by atoms with Gasteiger partial charge in [0.1, 0.15) is 5.75 Å². The zero-order chi connectivity index (χ0) is 14.0. The van der Waals surface area contributed by atoms with E-state index in [2.05, 4.69) is 0 Å². The highest BCUT2D eigenvalue weighted by atomic mass is 32.2. The molecule has 0 atom stereocenters. The number of sulfonamides is 1. The SMILES string of the molecule is CN(C)S(=O)(=O)c1ccc(N)c(OC2CCCC2)c1. The highest BCUT2D eigenvalue weighted by Crippen LogP contribution is 2.30. The van der Waals surface area contributed by atoms with Crippen LogP contribution in [0.1, 0.15) is 25.7 Å². The molecule has 1 aliphatic carbocycles. The molecule has 5 nitrogen and oxygen atoms in total. The van der Waals surface area contributed by atoms with Crippen LogP contribution in [-0.4, -0.2) is 32.9 Å². The summed E-state index contributed by atoms with van der Waals surface area (Å²) < 4.78 is 31.1. The molecule has 19 heavy (non-hydrogen) atoms. The number of nitrogens with zero attached hydrogens (tertiary/aromatic N) is 1. The third kappa shape index (κ3) is 3.01. The lowest BCUT2D eigenvalue weighted by atomic mass is 10.2. The van der Waals surface area contributed by atoms with Crippen molar-refractivity contribution in [1.29, 1.82) is 0 Å². The molecule has 6 heteroatoms. The molecule has 0 bridgehead atoms. The van der Waals surface area contributed by atoms with Gasteiger partial charge < -0.3 is 10.5 Å². The van der Waals surface area contributed by atoms with Gasteiger partial charge in [-0.05, 0) is 37.8 Å². The molecular weight excluding hydrogens is 264 g/mol. The van der Waals surface area contributed by atoms with Crippen LogP contribution in [0.4, 0.5) is 5.69 Å². The van der Waals surface area contributed by atoms with Gasteiger partial charge in [-0.2, -0.15) is 0 Å². The van der Waals surface area contributed by atoms with Gasteiger partial charge in [0, 0.05) is 20.2 Å². The van der Waals surface area contributed by atoms with Crippen molar-refractivity contribution in [1.82, 2.24) is 4.31 Å². The van der Waals surface area contributed by atoms with Crippen LogP contribution in [0.5, 0.6) is 5.75 Å². The summed E-state index contributed by atoms with van der Waals surface area (Å²) in [7, 11) is -0.446. The lowest BCUT2D eigenvalue weighted by molar-refractivity contribution is 0.211. The van der Waals surface area contributed by atoms with Crippen LogP contribution < -0.4 is 10.5 Å². The summed E-state index contributed by atoms with van der Waals surface area (Å²) in [6.07, 6.45) is 4.47. The summed E-state index contributed by atoms with van der Waals surface area (Å²) in [6, 6.07) is 4.61. The van der Waals surface area contributed by atoms with Gasteiger partial charge in [-0.25, -0.2) is 12.7 Å². The van der Waals surface area contributed by atoms with Crippen molar-refractivity contribution in [3.8, 4) is 5.75 Å². The maximum Gasteiger partial charge on any atom is 0.242 e. The minimum Gasteiger partial charge on any atom is -0.488 e. The third-order valence-corrected chi connectivity index (χ3v) is 5.17. The standard InChI is InChI=1S/C13H20N2O3S/c1-15(2)19(16,17)11-7-8-12(14)13(9-11)18-10-5-3-4-6-10/h7-10H,3-6,14H2,1-2H3. The monoisotopic (exact) mass is 284 g/mol. The van der Waals surface area contributed by atoms with Crippen molar-refractivity contribution in [2.45, 2.75) is 36.7 Å². The van der Waals surface area contributed by atoms with E-state index in [0.29, 0.717) is 11.4 Å². The van der Waals surface area contributed by atoms with Gasteiger partial charge in [-0.3, -0.25) is 0 Å². The van der Waals surface area contributed by atoms with Gasteiger partial charge in [-0.1, -0.05) is 0 Å². The Morgan fingerprint density at radius 2 is 1.89 bits per heavy atom. The highest BCUT2D eigenvalue weighted by molar-refractivity contribution is 7.89. The first-order valence-electron chi connectivity index (χ1n) is 6.40. The number of benzene rings is 1. The first-order chi connectivity index (χ1) is 8.91. The zero-order valence-corrected chi connectivity index (χ0v) is 12.1. The molecule has 0 saturated heterocycles. The minimum absolute atomic E-state index is 0.152.